The van der Waals surface area contributed by atoms with E-state index in [2.05, 4.69) is 40.2 Å². The van der Waals surface area contributed by atoms with Crippen LogP contribution in [0.15, 0.2) is 24.3 Å². The lowest BCUT2D eigenvalue weighted by molar-refractivity contribution is 0.684. The van der Waals surface area contributed by atoms with Gasteiger partial charge in [-0.1, -0.05) is 34.1 Å². The molecule has 0 saturated carbocycles. The summed E-state index contributed by atoms with van der Waals surface area (Å²) in [6.07, 6.45) is 10.6. The van der Waals surface area contributed by atoms with Gasteiger partial charge in [-0.3, -0.25) is 0 Å². The fourth-order valence-corrected chi connectivity index (χ4v) is 5.67. The predicted octanol–water partition coefficient (Wildman–Crippen LogP) is 5.99. The van der Waals surface area contributed by atoms with E-state index in [-0.39, 0.29) is 0 Å². The molecule has 2 aromatic rings. The molecular weight excluding hydrogens is 340 g/mol. The molecule has 0 spiro atoms. The summed E-state index contributed by atoms with van der Waals surface area (Å²) in [4.78, 5) is 3.51. The normalized spacial score (nSPS) is 18.9. The molecule has 0 aliphatic heterocycles. The van der Waals surface area contributed by atoms with Crippen LogP contribution in [-0.4, -0.2) is 0 Å². The Labute approximate surface area is 139 Å². The second-order valence-corrected chi connectivity index (χ2v) is 8.49. The molecule has 2 aliphatic carbocycles. The fraction of sp³-hybridized carbons (Fsp3) is 0.474. The van der Waals surface area contributed by atoms with Crippen LogP contribution in [0.25, 0.3) is 0 Å². The summed E-state index contributed by atoms with van der Waals surface area (Å²) in [5, 5.41) is 0. The lowest BCUT2D eigenvalue weighted by atomic mass is 9.90. The van der Waals surface area contributed by atoms with Crippen molar-refractivity contribution in [1.82, 2.24) is 0 Å². The molecule has 2 aliphatic rings. The van der Waals surface area contributed by atoms with Gasteiger partial charge < -0.3 is 0 Å². The third kappa shape index (κ3) is 2.73. The van der Waals surface area contributed by atoms with Crippen molar-refractivity contribution in [2.24, 2.45) is 0 Å². The number of thiophene rings is 1. The van der Waals surface area contributed by atoms with Crippen molar-refractivity contribution < 1.29 is 0 Å². The van der Waals surface area contributed by atoms with E-state index in [0.717, 1.165) is 0 Å². The summed E-state index contributed by atoms with van der Waals surface area (Å²) in [7, 11) is 0. The maximum absolute atomic E-state index is 3.96. The topological polar surface area (TPSA) is 0 Å². The minimum absolute atomic E-state index is 0.375. The molecule has 2 heteroatoms. The molecule has 1 heterocycles. The molecule has 21 heavy (non-hydrogen) atoms. The summed E-state index contributed by atoms with van der Waals surface area (Å²) in [6.45, 7) is 0. The van der Waals surface area contributed by atoms with Crippen LogP contribution in [0, 0.1) is 0 Å². The van der Waals surface area contributed by atoms with Crippen molar-refractivity contribution in [3.63, 3.8) is 0 Å². The highest BCUT2D eigenvalue weighted by Crippen LogP contribution is 2.40. The van der Waals surface area contributed by atoms with E-state index in [0.29, 0.717) is 4.83 Å². The van der Waals surface area contributed by atoms with Crippen LogP contribution in [0.4, 0.5) is 0 Å². The maximum Gasteiger partial charge on any atom is 0.0738 e. The number of aryl methyl sites for hydroxylation is 4. The van der Waals surface area contributed by atoms with Gasteiger partial charge in [-0.15, -0.1) is 11.3 Å². The molecule has 0 N–H and O–H groups in total. The molecule has 0 nitrogen and oxygen atoms in total. The molecule has 0 amide bonds. The zero-order valence-electron chi connectivity index (χ0n) is 12.3. The van der Waals surface area contributed by atoms with Gasteiger partial charge in [0.15, 0.2) is 0 Å². The lowest BCUT2D eigenvalue weighted by Crippen LogP contribution is -2.03. The minimum Gasteiger partial charge on any atom is -0.144 e. The molecule has 0 radical (unpaired) electrons. The Kier molecular flexibility index (Phi) is 3.93. The number of hydrogen-bond donors (Lipinski definition) is 0. The zero-order chi connectivity index (χ0) is 14.2. The van der Waals surface area contributed by atoms with E-state index in [4.69, 9.17) is 0 Å². The largest absolute Gasteiger partial charge is 0.144 e. The smallest absolute Gasteiger partial charge is 0.0738 e. The molecule has 0 fully saturated rings. The second kappa shape index (κ2) is 5.89. The quantitative estimate of drug-likeness (QED) is 0.577. The predicted molar refractivity (Wildman–Crippen MR) is 94.8 cm³/mol. The Balaban J connectivity index is 1.64. The average molecular weight is 361 g/mol. The van der Waals surface area contributed by atoms with Crippen molar-refractivity contribution in [3.8, 4) is 0 Å². The van der Waals surface area contributed by atoms with Gasteiger partial charge in [0.05, 0.1) is 4.83 Å². The second-order valence-electron chi connectivity index (χ2n) is 6.40. The first kappa shape index (κ1) is 14.0. The van der Waals surface area contributed by atoms with Crippen LogP contribution in [0.5, 0.6) is 0 Å². The first-order valence-electron chi connectivity index (χ1n) is 8.18. The number of alkyl halides is 1. The van der Waals surface area contributed by atoms with Gasteiger partial charge in [0, 0.05) is 9.75 Å². The fourth-order valence-electron chi connectivity index (χ4n) is 3.71. The van der Waals surface area contributed by atoms with E-state index in [1.54, 1.807) is 21.6 Å². The van der Waals surface area contributed by atoms with Crippen molar-refractivity contribution in [2.45, 2.75) is 56.2 Å². The summed E-state index contributed by atoms with van der Waals surface area (Å²) in [5.41, 5.74) is 6.22. The first-order chi connectivity index (χ1) is 10.3. The molecule has 0 saturated heterocycles. The van der Waals surface area contributed by atoms with Gasteiger partial charge in [0.25, 0.3) is 0 Å². The van der Waals surface area contributed by atoms with Crippen LogP contribution in [0.1, 0.15) is 62.5 Å². The zero-order valence-corrected chi connectivity index (χ0v) is 14.7. The summed E-state index contributed by atoms with van der Waals surface area (Å²) < 4.78 is 0. The van der Waals surface area contributed by atoms with Gasteiger partial charge in [-0.25, -0.2) is 0 Å². The van der Waals surface area contributed by atoms with Crippen LogP contribution in [0.3, 0.4) is 0 Å². The third-order valence-electron chi connectivity index (χ3n) is 4.93. The number of benzene rings is 1. The standard InChI is InChI=1S/C19H21BrS/c20-19(18-12-15-7-3-4-8-17(15)21-18)16-10-9-13-5-1-2-6-14(13)11-16/h9-12,19H,1-8H2. The Morgan fingerprint density at radius 1 is 0.810 bits per heavy atom. The highest BCUT2D eigenvalue weighted by Gasteiger charge is 2.20. The molecular formula is C19H21BrS. The summed E-state index contributed by atoms with van der Waals surface area (Å²) in [5.74, 6) is 0. The van der Waals surface area contributed by atoms with Gasteiger partial charge in [-0.05, 0) is 79.7 Å². The van der Waals surface area contributed by atoms with Crippen LogP contribution >= 0.6 is 27.3 Å². The lowest BCUT2D eigenvalue weighted by Gasteiger charge is -2.18. The molecule has 4 rings (SSSR count). The highest BCUT2D eigenvalue weighted by molar-refractivity contribution is 9.09. The molecule has 110 valence electrons. The van der Waals surface area contributed by atoms with E-state index < -0.39 is 0 Å². The first-order valence-corrected chi connectivity index (χ1v) is 9.92. The van der Waals surface area contributed by atoms with Crippen LogP contribution < -0.4 is 0 Å². The van der Waals surface area contributed by atoms with E-state index >= 15 is 0 Å². The van der Waals surface area contributed by atoms with Crippen molar-refractivity contribution >= 4 is 27.3 Å². The Morgan fingerprint density at radius 2 is 1.52 bits per heavy atom. The van der Waals surface area contributed by atoms with Crippen molar-refractivity contribution in [1.29, 1.82) is 0 Å². The number of halogens is 1. The third-order valence-corrected chi connectivity index (χ3v) is 7.56. The number of rotatable bonds is 2. The average Bonchev–Trinajstić information content (AvgIpc) is 2.97. The number of hydrogen-bond acceptors (Lipinski definition) is 1. The van der Waals surface area contributed by atoms with Gasteiger partial charge in [0.2, 0.25) is 0 Å². The Morgan fingerprint density at radius 3 is 2.33 bits per heavy atom. The molecule has 1 aromatic carbocycles. The van der Waals surface area contributed by atoms with Crippen LogP contribution in [0.2, 0.25) is 0 Å². The van der Waals surface area contributed by atoms with E-state index in [9.17, 15) is 0 Å². The molecule has 1 atom stereocenters. The van der Waals surface area contributed by atoms with Crippen LogP contribution in [-0.2, 0) is 25.7 Å². The Bertz CT molecular complexity index is 632. The SMILES string of the molecule is BrC(c1ccc2c(c1)CCCC2)c1cc2c(s1)CCCC2. The highest BCUT2D eigenvalue weighted by atomic mass is 79.9. The maximum atomic E-state index is 3.96. The Hall–Kier alpha value is -0.600. The number of fused-ring (bicyclic) bond motifs is 2. The summed E-state index contributed by atoms with van der Waals surface area (Å²) >= 11 is 5.99. The van der Waals surface area contributed by atoms with Crippen molar-refractivity contribution in [2.75, 3.05) is 0 Å². The minimum atomic E-state index is 0.375. The molecule has 0 bridgehead atoms. The van der Waals surface area contributed by atoms with Crippen molar-refractivity contribution in [3.05, 3.63) is 56.3 Å². The van der Waals surface area contributed by atoms with Gasteiger partial charge in [0.1, 0.15) is 0 Å². The molecule has 1 aromatic heterocycles. The van der Waals surface area contributed by atoms with E-state index in [1.165, 1.54) is 61.8 Å². The van der Waals surface area contributed by atoms with Gasteiger partial charge >= 0.3 is 0 Å². The monoisotopic (exact) mass is 360 g/mol. The van der Waals surface area contributed by atoms with Gasteiger partial charge in [-0.2, -0.15) is 0 Å². The summed E-state index contributed by atoms with van der Waals surface area (Å²) in [6, 6.07) is 9.61. The van der Waals surface area contributed by atoms with E-state index in [1.807, 2.05) is 11.3 Å². The molecule has 1 unspecified atom stereocenters.